The Morgan fingerprint density at radius 2 is 0.900 bits per heavy atom. The molecule has 0 aliphatic rings. The zero-order valence-electron chi connectivity index (χ0n) is 37.4. The molecule has 9 aromatic carbocycles. The maximum absolute atomic E-state index is 10.6. The van der Waals surface area contributed by atoms with Gasteiger partial charge in [0.05, 0.1) is 69.0 Å². The quantitative estimate of drug-likeness (QED) is 0.141. The number of hydrogen-bond donors (Lipinski definition) is 0. The van der Waals surface area contributed by atoms with Gasteiger partial charge in [-0.25, -0.2) is 9.97 Å². The van der Waals surface area contributed by atoms with Gasteiger partial charge in [0.15, 0.2) is 5.82 Å². The van der Waals surface area contributed by atoms with Crippen LogP contribution in [-0.2, 0) is 0 Å². The predicted octanol–water partition coefficient (Wildman–Crippen LogP) is 14.9. The van der Waals surface area contributed by atoms with Crippen LogP contribution in [0.25, 0.3) is 83.6 Å². The van der Waals surface area contributed by atoms with Crippen LogP contribution in [-0.4, -0.2) is 14.5 Å². The molecule has 11 rings (SSSR count). The molecule has 0 saturated heterocycles. The van der Waals surface area contributed by atoms with Crippen LogP contribution in [0, 0.1) is 45.3 Å². The van der Waals surface area contributed by atoms with Crippen LogP contribution in [0.15, 0.2) is 218 Å². The summed E-state index contributed by atoms with van der Waals surface area (Å²) >= 11 is 0. The van der Waals surface area contributed by atoms with E-state index in [2.05, 4.69) is 137 Å². The minimum absolute atomic E-state index is 0.380. The molecular formula is C62H36N8. The summed E-state index contributed by atoms with van der Waals surface area (Å²) in [5.74, 6) is 0.428. The third-order valence-corrected chi connectivity index (χ3v) is 12.5. The molecule has 70 heavy (non-hydrogen) atoms. The molecule has 8 nitrogen and oxygen atoms in total. The van der Waals surface area contributed by atoms with E-state index in [0.29, 0.717) is 56.2 Å². The van der Waals surface area contributed by atoms with Gasteiger partial charge in [0, 0.05) is 55.8 Å². The Hall–Kier alpha value is -10.4. The van der Waals surface area contributed by atoms with Gasteiger partial charge in [0.25, 0.3) is 0 Å². The second-order valence-electron chi connectivity index (χ2n) is 16.7. The van der Waals surface area contributed by atoms with Crippen LogP contribution < -0.4 is 4.90 Å². The van der Waals surface area contributed by atoms with Gasteiger partial charge in [-0.1, -0.05) is 115 Å². The summed E-state index contributed by atoms with van der Waals surface area (Å²) in [7, 11) is 0. The summed E-state index contributed by atoms with van der Waals surface area (Å²) in [4.78, 5) is 12.1. The van der Waals surface area contributed by atoms with Crippen LogP contribution in [0.5, 0.6) is 0 Å². The highest BCUT2D eigenvalue weighted by Gasteiger charge is 2.19. The number of rotatable bonds is 9. The van der Waals surface area contributed by atoms with Crippen molar-refractivity contribution < 1.29 is 0 Å². The topological polar surface area (TPSA) is 129 Å². The first-order valence-electron chi connectivity index (χ1n) is 22.5. The number of nitriles is 4. The van der Waals surface area contributed by atoms with Crippen molar-refractivity contribution in [2.75, 3.05) is 4.90 Å². The van der Waals surface area contributed by atoms with Crippen molar-refractivity contribution >= 4 is 38.9 Å². The molecule has 0 aliphatic heterocycles. The normalized spacial score (nSPS) is 10.8. The van der Waals surface area contributed by atoms with Crippen molar-refractivity contribution in [3.8, 4) is 86.1 Å². The third-order valence-electron chi connectivity index (χ3n) is 12.5. The molecule has 0 N–H and O–H groups in total. The number of nitrogens with zero attached hydrogens (tertiary/aromatic N) is 8. The lowest BCUT2D eigenvalue weighted by Gasteiger charge is -2.25. The summed E-state index contributed by atoms with van der Waals surface area (Å²) in [5.41, 5.74) is 14.4. The molecule has 0 saturated carbocycles. The van der Waals surface area contributed by atoms with Crippen molar-refractivity contribution in [2.45, 2.75) is 0 Å². The van der Waals surface area contributed by atoms with Crippen LogP contribution in [0.1, 0.15) is 22.3 Å². The lowest BCUT2D eigenvalue weighted by Crippen LogP contribution is -2.09. The van der Waals surface area contributed by atoms with Gasteiger partial charge in [-0.2, -0.15) is 21.0 Å². The number of hydrogen-bond acceptors (Lipinski definition) is 7. The molecule has 0 unspecified atom stereocenters. The fraction of sp³-hybridized carbons (Fsp3) is 0. The highest BCUT2D eigenvalue weighted by Crippen LogP contribution is 2.41. The lowest BCUT2D eigenvalue weighted by molar-refractivity contribution is 1.18. The molecule has 0 radical (unpaired) electrons. The average Bonchev–Trinajstić information content (AvgIpc) is 3.77. The van der Waals surface area contributed by atoms with E-state index in [9.17, 15) is 21.0 Å². The molecule has 0 atom stereocenters. The first-order valence-corrected chi connectivity index (χ1v) is 22.5. The van der Waals surface area contributed by atoms with Gasteiger partial charge in [-0.3, -0.25) is 0 Å². The van der Waals surface area contributed by atoms with Crippen molar-refractivity contribution in [3.63, 3.8) is 0 Å². The fourth-order valence-electron chi connectivity index (χ4n) is 9.23. The van der Waals surface area contributed by atoms with Gasteiger partial charge >= 0.3 is 0 Å². The van der Waals surface area contributed by atoms with Crippen LogP contribution in [0.2, 0.25) is 0 Å². The number of benzene rings is 9. The van der Waals surface area contributed by atoms with E-state index in [4.69, 9.17) is 9.97 Å². The highest BCUT2D eigenvalue weighted by molar-refractivity contribution is 6.10. The first kappa shape index (κ1) is 42.3. The lowest BCUT2D eigenvalue weighted by atomic mass is 9.90. The van der Waals surface area contributed by atoms with E-state index in [0.717, 1.165) is 66.8 Å². The van der Waals surface area contributed by atoms with Gasteiger partial charge in [-0.15, -0.1) is 0 Å². The predicted molar refractivity (Wildman–Crippen MR) is 277 cm³/mol. The zero-order chi connectivity index (χ0) is 47.6. The molecule has 0 aliphatic carbocycles. The van der Waals surface area contributed by atoms with Gasteiger partial charge in [-0.05, 0) is 120 Å². The molecular weight excluding hydrogens is 857 g/mol. The monoisotopic (exact) mass is 892 g/mol. The van der Waals surface area contributed by atoms with E-state index in [1.54, 1.807) is 30.3 Å². The zero-order valence-corrected chi connectivity index (χ0v) is 37.4. The molecule has 0 spiro atoms. The van der Waals surface area contributed by atoms with Crippen molar-refractivity contribution in [2.24, 2.45) is 0 Å². The Morgan fingerprint density at radius 3 is 1.53 bits per heavy atom. The summed E-state index contributed by atoms with van der Waals surface area (Å²) in [5, 5.41) is 42.7. The van der Waals surface area contributed by atoms with Gasteiger partial charge in [0.1, 0.15) is 0 Å². The minimum atomic E-state index is 0.380. The maximum Gasteiger partial charge on any atom is 0.160 e. The van der Waals surface area contributed by atoms with Crippen LogP contribution in [0.3, 0.4) is 0 Å². The second kappa shape index (κ2) is 18.1. The molecule has 0 amide bonds. The van der Waals surface area contributed by atoms with E-state index in [1.807, 2.05) is 84.9 Å². The van der Waals surface area contributed by atoms with Gasteiger partial charge in [0.2, 0.25) is 0 Å². The molecule has 8 heteroatoms. The number of fused-ring (bicyclic) bond motifs is 3. The van der Waals surface area contributed by atoms with E-state index in [-0.39, 0.29) is 0 Å². The Kier molecular flexibility index (Phi) is 10.9. The van der Waals surface area contributed by atoms with Crippen molar-refractivity contribution in [1.29, 1.82) is 21.0 Å². The van der Waals surface area contributed by atoms with Gasteiger partial charge < -0.3 is 9.47 Å². The number of anilines is 3. The molecule has 0 bridgehead atoms. The average molecular weight is 893 g/mol. The number of para-hydroxylation sites is 3. The van der Waals surface area contributed by atoms with E-state index < -0.39 is 0 Å². The molecule has 2 aromatic heterocycles. The highest BCUT2D eigenvalue weighted by atomic mass is 15.1. The smallest absolute Gasteiger partial charge is 0.160 e. The summed E-state index contributed by atoms with van der Waals surface area (Å²) in [6, 6.07) is 80.8. The Balaban J connectivity index is 0.929. The Labute approximate surface area is 404 Å². The maximum atomic E-state index is 10.6. The third kappa shape index (κ3) is 7.83. The molecule has 2 heterocycles. The number of aromatic nitrogens is 3. The summed E-state index contributed by atoms with van der Waals surface area (Å²) < 4.78 is 2.28. The van der Waals surface area contributed by atoms with Crippen LogP contribution >= 0.6 is 0 Å². The SMILES string of the molecule is N#Cc1cccc(-c2cc(-c3ccc(-c4c(C#N)cc(-c5ccc(-n6c7ccccc7c7cc(N(c8ccccc8)c8ccccc8)ccc76)cc5)cc4C#N)cc3)nc(-c3cccc(C#N)c3)n2)c1. The molecule has 0 fully saturated rings. The van der Waals surface area contributed by atoms with Crippen molar-refractivity contribution in [1.82, 2.24) is 14.5 Å². The first-order chi connectivity index (χ1) is 34.5. The fourth-order valence-corrected chi connectivity index (χ4v) is 9.23. The Morgan fingerprint density at radius 1 is 0.357 bits per heavy atom. The minimum Gasteiger partial charge on any atom is -0.310 e. The van der Waals surface area contributed by atoms with E-state index >= 15 is 0 Å². The van der Waals surface area contributed by atoms with Crippen molar-refractivity contribution in [3.05, 3.63) is 241 Å². The standard InChI is InChI=1S/C62H36N8/c63-37-41-11-9-13-46(31-41)58-36-57(67-62(68-58)47-14-10-12-42(32-47)38-64)44-21-23-45(24-22-44)61-49(39-65)33-48(34-50(61)40-66)43-25-27-53(28-26-43)70-59-20-8-7-19-55(59)56-35-54(29-30-60(56)70)69(51-15-3-1-4-16-51)52-17-5-2-6-18-52/h1-36H. The summed E-state index contributed by atoms with van der Waals surface area (Å²) in [6.45, 7) is 0. The van der Waals surface area contributed by atoms with E-state index in [1.165, 1.54) is 0 Å². The Bertz CT molecular complexity index is 3830. The summed E-state index contributed by atoms with van der Waals surface area (Å²) in [6.07, 6.45) is 0. The largest absolute Gasteiger partial charge is 0.310 e. The molecule has 11 aromatic rings. The van der Waals surface area contributed by atoms with Crippen LogP contribution in [0.4, 0.5) is 17.1 Å². The second-order valence-corrected chi connectivity index (χ2v) is 16.7. The molecule has 324 valence electrons.